The highest BCUT2D eigenvalue weighted by Gasteiger charge is 2.20. The van der Waals surface area contributed by atoms with Crippen LogP contribution >= 0.6 is 0 Å². The maximum absolute atomic E-state index is 11.9. The smallest absolute Gasteiger partial charge is 0.240 e. The number of nitrogens with one attached hydrogen (secondary N) is 1. The summed E-state index contributed by atoms with van der Waals surface area (Å²) in [6.45, 7) is 1.15. The van der Waals surface area contributed by atoms with E-state index in [0.717, 1.165) is 17.6 Å². The normalized spacial score (nSPS) is 15.8. The van der Waals surface area contributed by atoms with Gasteiger partial charge in [-0.3, -0.25) is 4.79 Å². The van der Waals surface area contributed by atoms with Crippen LogP contribution in [-0.2, 0) is 11.3 Å². The van der Waals surface area contributed by atoms with Crippen molar-refractivity contribution in [3.8, 4) is 0 Å². The van der Waals surface area contributed by atoms with Crippen molar-refractivity contribution in [1.82, 2.24) is 5.32 Å². The molecule has 0 saturated carbocycles. The third-order valence-corrected chi connectivity index (χ3v) is 3.29. The SMILES string of the molecule is CN1C(=O)CNCc2ccc3ccccc3c21. The number of rotatable bonds is 0. The molecule has 1 N–H and O–H groups in total. The van der Waals surface area contributed by atoms with Crippen molar-refractivity contribution in [3.05, 3.63) is 42.0 Å². The topological polar surface area (TPSA) is 32.3 Å². The van der Waals surface area contributed by atoms with Gasteiger partial charge in [-0.05, 0) is 10.9 Å². The lowest BCUT2D eigenvalue weighted by atomic mass is 10.0. The summed E-state index contributed by atoms with van der Waals surface area (Å²) in [6, 6.07) is 12.4. The molecule has 3 rings (SSSR count). The summed E-state index contributed by atoms with van der Waals surface area (Å²) >= 11 is 0. The van der Waals surface area contributed by atoms with Crippen LogP contribution in [0, 0.1) is 0 Å². The van der Waals surface area contributed by atoms with Crippen LogP contribution in [0.3, 0.4) is 0 Å². The van der Waals surface area contributed by atoms with E-state index < -0.39 is 0 Å². The predicted molar refractivity (Wildman–Crippen MR) is 69.1 cm³/mol. The number of carbonyl (C=O) groups is 1. The molecule has 0 aliphatic carbocycles. The summed E-state index contributed by atoms with van der Waals surface area (Å²) in [7, 11) is 1.85. The number of likely N-dealkylation sites (N-methyl/N-ethyl adjacent to an activating group) is 1. The average Bonchev–Trinajstić information content (AvgIpc) is 2.50. The molecule has 1 aliphatic rings. The van der Waals surface area contributed by atoms with Crippen molar-refractivity contribution in [3.63, 3.8) is 0 Å². The van der Waals surface area contributed by atoms with Crippen molar-refractivity contribution in [1.29, 1.82) is 0 Å². The Hall–Kier alpha value is -1.87. The fourth-order valence-electron chi connectivity index (χ4n) is 2.39. The van der Waals surface area contributed by atoms with Crippen molar-refractivity contribution in [2.75, 3.05) is 18.5 Å². The second-order valence-corrected chi connectivity index (χ2v) is 4.35. The Bertz CT molecular complexity index is 592. The minimum absolute atomic E-state index is 0.111. The molecule has 0 aromatic heterocycles. The minimum Gasteiger partial charge on any atom is -0.313 e. The maximum atomic E-state index is 11.9. The minimum atomic E-state index is 0.111. The van der Waals surface area contributed by atoms with E-state index in [9.17, 15) is 4.79 Å². The van der Waals surface area contributed by atoms with Crippen molar-refractivity contribution in [2.24, 2.45) is 0 Å². The van der Waals surface area contributed by atoms with Gasteiger partial charge in [-0.25, -0.2) is 0 Å². The van der Waals surface area contributed by atoms with Crippen LogP contribution in [0.25, 0.3) is 10.8 Å². The Balaban J connectivity index is 2.33. The summed E-state index contributed by atoms with van der Waals surface area (Å²) < 4.78 is 0. The molecule has 3 nitrogen and oxygen atoms in total. The quantitative estimate of drug-likeness (QED) is 0.744. The average molecular weight is 226 g/mol. The molecular weight excluding hydrogens is 212 g/mol. The molecule has 0 radical (unpaired) electrons. The summed E-state index contributed by atoms with van der Waals surface area (Å²) in [4.78, 5) is 13.6. The lowest BCUT2D eigenvalue weighted by molar-refractivity contribution is -0.117. The first-order valence-electron chi connectivity index (χ1n) is 5.75. The molecule has 0 atom stereocenters. The Morgan fingerprint density at radius 1 is 1.12 bits per heavy atom. The molecule has 17 heavy (non-hydrogen) atoms. The summed E-state index contributed by atoms with van der Waals surface area (Å²) in [5.41, 5.74) is 2.22. The van der Waals surface area contributed by atoms with E-state index in [1.165, 1.54) is 10.9 Å². The lowest BCUT2D eigenvalue weighted by Gasteiger charge is -2.19. The Labute approximate surface area is 100 Å². The largest absolute Gasteiger partial charge is 0.313 e. The fraction of sp³-hybridized carbons (Fsp3) is 0.214. The zero-order chi connectivity index (χ0) is 11.8. The zero-order valence-electron chi connectivity index (χ0n) is 9.73. The van der Waals surface area contributed by atoms with E-state index >= 15 is 0 Å². The molecule has 1 heterocycles. The number of carbonyl (C=O) groups excluding carboxylic acids is 1. The van der Waals surface area contributed by atoms with E-state index in [4.69, 9.17) is 0 Å². The zero-order valence-corrected chi connectivity index (χ0v) is 9.73. The number of anilines is 1. The Morgan fingerprint density at radius 2 is 1.94 bits per heavy atom. The second-order valence-electron chi connectivity index (χ2n) is 4.35. The van der Waals surface area contributed by atoms with Crippen LogP contribution in [-0.4, -0.2) is 19.5 Å². The number of amides is 1. The number of hydrogen-bond acceptors (Lipinski definition) is 2. The van der Waals surface area contributed by atoms with Gasteiger partial charge in [0.25, 0.3) is 0 Å². The molecule has 0 spiro atoms. The Morgan fingerprint density at radius 3 is 2.82 bits per heavy atom. The van der Waals surface area contributed by atoms with Gasteiger partial charge in [-0.15, -0.1) is 0 Å². The van der Waals surface area contributed by atoms with Gasteiger partial charge >= 0.3 is 0 Å². The van der Waals surface area contributed by atoms with Gasteiger partial charge in [0.2, 0.25) is 5.91 Å². The third kappa shape index (κ3) is 1.59. The summed E-state index contributed by atoms with van der Waals surface area (Å²) in [6.07, 6.45) is 0. The van der Waals surface area contributed by atoms with E-state index in [-0.39, 0.29) is 5.91 Å². The predicted octanol–water partition coefficient (Wildman–Crippen LogP) is 1.91. The first kappa shape index (κ1) is 10.3. The van der Waals surface area contributed by atoms with E-state index in [0.29, 0.717) is 6.54 Å². The van der Waals surface area contributed by atoms with Gasteiger partial charge in [0.15, 0.2) is 0 Å². The van der Waals surface area contributed by atoms with Crippen LogP contribution in [0.1, 0.15) is 5.56 Å². The second kappa shape index (κ2) is 3.86. The van der Waals surface area contributed by atoms with E-state index in [1.54, 1.807) is 4.90 Å². The highest BCUT2D eigenvalue weighted by Crippen LogP contribution is 2.31. The van der Waals surface area contributed by atoms with Gasteiger partial charge in [-0.2, -0.15) is 0 Å². The molecule has 86 valence electrons. The van der Waals surface area contributed by atoms with Crippen LogP contribution in [0.15, 0.2) is 36.4 Å². The molecule has 2 aromatic rings. The number of benzene rings is 2. The lowest BCUT2D eigenvalue weighted by Crippen LogP contribution is -2.32. The van der Waals surface area contributed by atoms with E-state index in [1.807, 2.05) is 19.2 Å². The first-order chi connectivity index (χ1) is 8.27. The van der Waals surface area contributed by atoms with Gasteiger partial charge in [-0.1, -0.05) is 36.4 Å². The molecule has 0 saturated heterocycles. The van der Waals surface area contributed by atoms with Crippen LogP contribution in [0.4, 0.5) is 5.69 Å². The molecule has 1 aliphatic heterocycles. The van der Waals surface area contributed by atoms with Crippen molar-refractivity contribution >= 4 is 22.4 Å². The third-order valence-electron chi connectivity index (χ3n) is 3.29. The summed E-state index contributed by atoms with van der Waals surface area (Å²) in [5, 5.41) is 5.47. The number of hydrogen-bond donors (Lipinski definition) is 1. The standard InChI is InChI=1S/C14H14N2O/c1-16-13(17)9-15-8-11-7-6-10-4-2-3-5-12(10)14(11)16/h2-7,15H,8-9H2,1H3. The van der Waals surface area contributed by atoms with Crippen molar-refractivity contribution in [2.45, 2.75) is 6.54 Å². The highest BCUT2D eigenvalue weighted by molar-refractivity contribution is 6.05. The molecule has 0 fully saturated rings. The highest BCUT2D eigenvalue weighted by atomic mass is 16.2. The van der Waals surface area contributed by atoms with Gasteiger partial charge < -0.3 is 10.2 Å². The molecule has 0 unspecified atom stereocenters. The van der Waals surface area contributed by atoms with Crippen LogP contribution in [0.5, 0.6) is 0 Å². The monoisotopic (exact) mass is 226 g/mol. The number of fused-ring (bicyclic) bond motifs is 3. The van der Waals surface area contributed by atoms with Gasteiger partial charge in [0.1, 0.15) is 0 Å². The van der Waals surface area contributed by atoms with E-state index in [2.05, 4.69) is 29.6 Å². The van der Waals surface area contributed by atoms with Crippen LogP contribution in [0.2, 0.25) is 0 Å². The fourth-order valence-corrected chi connectivity index (χ4v) is 2.39. The summed E-state index contributed by atoms with van der Waals surface area (Å²) in [5.74, 6) is 0.111. The molecule has 0 bridgehead atoms. The molecule has 1 amide bonds. The Kier molecular flexibility index (Phi) is 2.34. The van der Waals surface area contributed by atoms with Crippen molar-refractivity contribution < 1.29 is 4.79 Å². The molecule has 2 aromatic carbocycles. The van der Waals surface area contributed by atoms with Gasteiger partial charge in [0.05, 0.1) is 12.2 Å². The number of nitrogens with zero attached hydrogens (tertiary/aromatic N) is 1. The molecular formula is C14H14N2O. The first-order valence-corrected chi connectivity index (χ1v) is 5.75. The molecule has 3 heteroatoms. The van der Waals surface area contributed by atoms with Gasteiger partial charge in [0, 0.05) is 19.0 Å². The van der Waals surface area contributed by atoms with Crippen LogP contribution < -0.4 is 10.2 Å². The maximum Gasteiger partial charge on any atom is 0.240 e.